The number of hydrogen-bond donors (Lipinski definition) is 2. The molecule has 0 unspecified atom stereocenters. The molecule has 114 valence electrons. The second-order valence-corrected chi connectivity index (χ2v) is 7.36. The molecule has 4 heteroatoms. The Morgan fingerprint density at radius 3 is 2.73 bits per heavy atom. The first-order valence-corrected chi connectivity index (χ1v) is 8.36. The van der Waals surface area contributed by atoms with Crippen LogP contribution in [0.3, 0.4) is 0 Å². The van der Waals surface area contributed by atoms with Crippen LogP contribution >= 0.6 is 0 Å². The molecule has 1 aromatic heterocycles. The number of nitrogens with zero attached hydrogens (tertiary/aromatic N) is 1. The number of amides is 1. The van der Waals surface area contributed by atoms with E-state index < -0.39 is 0 Å². The van der Waals surface area contributed by atoms with E-state index in [1.54, 1.807) is 0 Å². The highest BCUT2D eigenvalue weighted by atomic mass is 16.1. The van der Waals surface area contributed by atoms with E-state index in [2.05, 4.69) is 15.2 Å². The molecule has 6 rings (SSSR count). The lowest BCUT2D eigenvalue weighted by atomic mass is 9.65. The average Bonchev–Trinajstić information content (AvgIpc) is 2.97. The van der Waals surface area contributed by atoms with Gasteiger partial charge < -0.3 is 15.2 Å². The molecule has 1 aromatic carbocycles. The monoisotopic (exact) mass is 295 g/mol. The number of piperidine rings is 3. The number of carbonyl (C=O) groups excluding carboxylic acids is 1. The summed E-state index contributed by atoms with van der Waals surface area (Å²) in [6, 6.07) is 8.32. The van der Waals surface area contributed by atoms with Crippen LogP contribution in [0, 0.1) is 17.8 Å². The van der Waals surface area contributed by atoms with Gasteiger partial charge >= 0.3 is 0 Å². The maximum atomic E-state index is 12.7. The second kappa shape index (κ2) is 4.59. The molecule has 2 N–H and O–H groups in total. The van der Waals surface area contributed by atoms with Crippen molar-refractivity contribution in [3.8, 4) is 0 Å². The van der Waals surface area contributed by atoms with Crippen molar-refractivity contribution >= 4 is 16.8 Å². The summed E-state index contributed by atoms with van der Waals surface area (Å²) >= 11 is 0. The summed E-state index contributed by atoms with van der Waals surface area (Å²) in [7, 11) is 0. The standard InChI is InChI=1S/C18H21N3O/c22-18(13-2-1-12-3-4-19-16(12)7-13)20-17-14-5-11-6-15(17)10-21(8-11)9-14/h1-4,7,11,14-15,17,19H,5-6,8-10H2,(H,20,22)/t11?,14-,15-,17?/m0/s1. The predicted octanol–water partition coefficient (Wildman–Crippen LogP) is 2.24. The van der Waals surface area contributed by atoms with E-state index in [1.165, 1.54) is 32.5 Å². The minimum absolute atomic E-state index is 0.0870. The van der Waals surface area contributed by atoms with Crippen molar-refractivity contribution in [3.05, 3.63) is 36.0 Å². The van der Waals surface area contributed by atoms with Gasteiger partial charge in [-0.1, -0.05) is 6.07 Å². The van der Waals surface area contributed by atoms with Gasteiger partial charge in [0.2, 0.25) is 0 Å². The maximum Gasteiger partial charge on any atom is 0.251 e. The Labute approximate surface area is 129 Å². The Hall–Kier alpha value is -1.81. The lowest BCUT2D eigenvalue weighted by Crippen LogP contribution is -2.64. The first-order valence-electron chi connectivity index (χ1n) is 8.36. The molecule has 1 saturated carbocycles. The molecule has 4 bridgehead atoms. The Kier molecular flexibility index (Phi) is 2.65. The Balaban J connectivity index is 1.38. The van der Waals surface area contributed by atoms with Crippen molar-refractivity contribution in [3.63, 3.8) is 0 Å². The number of hydrogen-bond acceptors (Lipinski definition) is 2. The first-order chi connectivity index (χ1) is 10.8. The third kappa shape index (κ3) is 1.90. The predicted molar refractivity (Wildman–Crippen MR) is 85.7 cm³/mol. The molecule has 3 aliphatic heterocycles. The van der Waals surface area contributed by atoms with E-state index in [0.29, 0.717) is 17.9 Å². The van der Waals surface area contributed by atoms with Crippen LogP contribution in [0.1, 0.15) is 23.2 Å². The first kappa shape index (κ1) is 12.7. The highest BCUT2D eigenvalue weighted by Crippen LogP contribution is 2.43. The summed E-state index contributed by atoms with van der Waals surface area (Å²) in [4.78, 5) is 18.4. The van der Waals surface area contributed by atoms with Gasteiger partial charge in [-0.3, -0.25) is 4.79 Å². The fourth-order valence-corrected chi connectivity index (χ4v) is 5.07. The Morgan fingerprint density at radius 2 is 1.95 bits per heavy atom. The fourth-order valence-electron chi connectivity index (χ4n) is 5.07. The van der Waals surface area contributed by atoms with Gasteiger partial charge in [-0.05, 0) is 54.2 Å². The Morgan fingerprint density at radius 1 is 1.14 bits per heavy atom. The van der Waals surface area contributed by atoms with Gasteiger partial charge in [0, 0.05) is 43.0 Å². The highest BCUT2D eigenvalue weighted by molar-refractivity contribution is 5.98. The van der Waals surface area contributed by atoms with Gasteiger partial charge in [0.15, 0.2) is 0 Å². The quantitative estimate of drug-likeness (QED) is 0.892. The summed E-state index contributed by atoms with van der Waals surface area (Å²) in [5.41, 5.74) is 1.80. The van der Waals surface area contributed by atoms with Gasteiger partial charge in [-0.25, -0.2) is 0 Å². The van der Waals surface area contributed by atoms with Crippen LogP contribution in [0.5, 0.6) is 0 Å². The number of benzene rings is 1. The molecule has 1 aliphatic carbocycles. The average molecular weight is 295 g/mol. The molecular weight excluding hydrogens is 274 g/mol. The van der Waals surface area contributed by atoms with Crippen LogP contribution in [0.15, 0.2) is 30.5 Å². The number of nitrogens with one attached hydrogen (secondary N) is 2. The van der Waals surface area contributed by atoms with E-state index in [-0.39, 0.29) is 5.91 Å². The van der Waals surface area contributed by atoms with Gasteiger partial charge in [0.25, 0.3) is 5.91 Å². The maximum absolute atomic E-state index is 12.7. The lowest BCUT2D eigenvalue weighted by Gasteiger charge is -2.55. The normalized spacial score (nSPS) is 35.9. The number of carbonyl (C=O) groups is 1. The van der Waals surface area contributed by atoms with Crippen LogP contribution < -0.4 is 5.32 Å². The summed E-state index contributed by atoms with van der Waals surface area (Å²) in [6.07, 6.45) is 4.51. The summed E-state index contributed by atoms with van der Waals surface area (Å²) in [5, 5.41) is 4.51. The van der Waals surface area contributed by atoms with Crippen LogP contribution in [0.25, 0.3) is 10.9 Å². The van der Waals surface area contributed by atoms with E-state index in [4.69, 9.17) is 0 Å². The number of H-pyrrole nitrogens is 1. The van der Waals surface area contributed by atoms with Crippen LogP contribution in [-0.4, -0.2) is 41.5 Å². The Bertz CT molecular complexity index is 707. The molecule has 22 heavy (non-hydrogen) atoms. The molecule has 4 aliphatic rings. The SMILES string of the molecule is O=C(NC1[C@H]2CC3C[C@H]1CN(C3)C2)c1ccc2cc[nH]c2c1. The zero-order chi connectivity index (χ0) is 14.7. The summed E-state index contributed by atoms with van der Waals surface area (Å²) in [6.45, 7) is 3.64. The van der Waals surface area contributed by atoms with Crippen molar-refractivity contribution in [2.45, 2.75) is 18.9 Å². The van der Waals surface area contributed by atoms with Gasteiger partial charge in [-0.15, -0.1) is 0 Å². The summed E-state index contributed by atoms with van der Waals surface area (Å²) < 4.78 is 0. The lowest BCUT2D eigenvalue weighted by molar-refractivity contribution is -0.0418. The van der Waals surface area contributed by atoms with Gasteiger partial charge in [0.1, 0.15) is 0 Å². The van der Waals surface area contributed by atoms with Crippen LogP contribution in [0.2, 0.25) is 0 Å². The zero-order valence-electron chi connectivity index (χ0n) is 12.6. The van der Waals surface area contributed by atoms with Crippen LogP contribution in [-0.2, 0) is 0 Å². The number of aromatic amines is 1. The molecule has 2 aromatic rings. The molecule has 0 radical (unpaired) electrons. The zero-order valence-corrected chi connectivity index (χ0v) is 12.6. The van der Waals surface area contributed by atoms with Gasteiger partial charge in [-0.2, -0.15) is 0 Å². The number of aromatic nitrogens is 1. The largest absolute Gasteiger partial charge is 0.361 e. The molecule has 2 atom stereocenters. The van der Waals surface area contributed by atoms with E-state index >= 15 is 0 Å². The van der Waals surface area contributed by atoms with Crippen molar-refractivity contribution in [1.82, 2.24) is 15.2 Å². The molecule has 1 amide bonds. The van der Waals surface area contributed by atoms with Crippen LogP contribution in [0.4, 0.5) is 0 Å². The molecule has 4 heterocycles. The smallest absolute Gasteiger partial charge is 0.251 e. The van der Waals surface area contributed by atoms with E-state index in [1.807, 2.05) is 30.5 Å². The molecular formula is C18H21N3O. The fraction of sp³-hybridized carbons (Fsp3) is 0.500. The minimum Gasteiger partial charge on any atom is -0.361 e. The van der Waals surface area contributed by atoms with Crippen molar-refractivity contribution in [2.24, 2.45) is 17.8 Å². The molecule has 3 saturated heterocycles. The third-order valence-corrected chi connectivity index (χ3v) is 5.90. The summed E-state index contributed by atoms with van der Waals surface area (Å²) in [5.74, 6) is 2.28. The van der Waals surface area contributed by atoms with Crippen molar-refractivity contribution < 1.29 is 4.79 Å². The minimum atomic E-state index is 0.0870. The van der Waals surface area contributed by atoms with E-state index in [0.717, 1.165) is 22.4 Å². The molecule has 4 fully saturated rings. The third-order valence-electron chi connectivity index (χ3n) is 5.90. The molecule has 4 nitrogen and oxygen atoms in total. The van der Waals surface area contributed by atoms with E-state index in [9.17, 15) is 4.79 Å². The van der Waals surface area contributed by atoms with Gasteiger partial charge in [0.05, 0.1) is 0 Å². The number of rotatable bonds is 2. The van der Waals surface area contributed by atoms with Crippen molar-refractivity contribution in [2.75, 3.05) is 19.6 Å². The van der Waals surface area contributed by atoms with Crippen molar-refractivity contribution in [1.29, 1.82) is 0 Å². The highest BCUT2D eigenvalue weighted by Gasteiger charge is 2.47. The number of fused-ring (bicyclic) bond motifs is 1. The molecule has 0 spiro atoms. The second-order valence-electron chi connectivity index (χ2n) is 7.36. The topological polar surface area (TPSA) is 48.1 Å².